The molecular weight excluding hydrogens is 290 g/mol. The van der Waals surface area contributed by atoms with Crippen LogP contribution in [0.3, 0.4) is 0 Å². The number of rotatable bonds is 4. The second kappa shape index (κ2) is 6.39. The summed E-state index contributed by atoms with van der Waals surface area (Å²) in [7, 11) is 0. The van der Waals surface area contributed by atoms with Crippen molar-refractivity contribution in [1.29, 1.82) is 0 Å². The van der Waals surface area contributed by atoms with Gasteiger partial charge in [0.25, 0.3) is 5.91 Å². The Morgan fingerprint density at radius 3 is 2.52 bits per heavy atom. The van der Waals surface area contributed by atoms with E-state index in [9.17, 15) is 4.79 Å². The van der Waals surface area contributed by atoms with Gasteiger partial charge >= 0.3 is 0 Å². The summed E-state index contributed by atoms with van der Waals surface area (Å²) in [6, 6.07) is 17.0. The molecule has 0 aliphatic heterocycles. The molecule has 23 heavy (non-hydrogen) atoms. The van der Waals surface area contributed by atoms with E-state index >= 15 is 0 Å². The molecule has 1 amide bonds. The van der Waals surface area contributed by atoms with Crippen LogP contribution in [0.15, 0.2) is 60.9 Å². The average molecular weight is 307 g/mol. The fraction of sp³-hybridized carbons (Fsp3) is 0.176. The average Bonchev–Trinajstić information content (AvgIpc) is 3.10. The van der Waals surface area contributed by atoms with Crippen LogP contribution in [0.4, 0.5) is 5.69 Å². The van der Waals surface area contributed by atoms with Crippen molar-refractivity contribution < 1.29 is 4.79 Å². The van der Waals surface area contributed by atoms with Crippen molar-refractivity contribution >= 4 is 11.6 Å². The predicted molar refractivity (Wildman–Crippen MR) is 87.5 cm³/mol. The fourth-order valence-electron chi connectivity index (χ4n) is 2.44. The summed E-state index contributed by atoms with van der Waals surface area (Å²) in [5.41, 5.74) is 2.22. The lowest BCUT2D eigenvalue weighted by Crippen LogP contribution is -2.37. The van der Waals surface area contributed by atoms with Crippen LogP contribution in [-0.2, 0) is 0 Å². The highest BCUT2D eigenvalue weighted by Crippen LogP contribution is 2.20. The zero-order valence-electron chi connectivity index (χ0n) is 13.0. The van der Waals surface area contributed by atoms with Crippen LogP contribution in [0.5, 0.6) is 0 Å². The van der Waals surface area contributed by atoms with Gasteiger partial charge in [-0.2, -0.15) is 0 Å². The van der Waals surface area contributed by atoms with Crippen LogP contribution in [0.1, 0.15) is 24.2 Å². The number of anilines is 1. The summed E-state index contributed by atoms with van der Waals surface area (Å²) in [6.45, 7) is 3.99. The molecule has 1 aromatic heterocycles. The largest absolute Gasteiger partial charge is 0.306 e. The van der Waals surface area contributed by atoms with Gasteiger partial charge in [0.1, 0.15) is 6.33 Å². The van der Waals surface area contributed by atoms with E-state index in [1.807, 2.05) is 56.3 Å². The van der Waals surface area contributed by atoms with E-state index in [-0.39, 0.29) is 11.9 Å². The molecule has 3 rings (SSSR count). The monoisotopic (exact) mass is 307 g/mol. The summed E-state index contributed by atoms with van der Waals surface area (Å²) >= 11 is 0. The van der Waals surface area contributed by atoms with Crippen molar-refractivity contribution in [3.63, 3.8) is 0 Å². The standard InChI is InChI=1S/C17H17N5O/c1-13(2)22(15-8-4-3-5-9-15)17(23)14-7-6-10-16(11-14)21-12-18-19-20-21/h3-13H,1-2H3. The van der Waals surface area contributed by atoms with E-state index in [1.165, 1.54) is 11.0 Å². The van der Waals surface area contributed by atoms with Gasteiger partial charge in [0.15, 0.2) is 0 Å². The van der Waals surface area contributed by atoms with Crippen molar-refractivity contribution in [3.05, 3.63) is 66.5 Å². The number of hydrogen-bond donors (Lipinski definition) is 0. The number of benzene rings is 2. The Balaban J connectivity index is 1.97. The molecule has 0 spiro atoms. The number of carbonyl (C=O) groups excluding carboxylic acids is 1. The Hall–Kier alpha value is -3.02. The summed E-state index contributed by atoms with van der Waals surface area (Å²) in [6.07, 6.45) is 1.50. The van der Waals surface area contributed by atoms with Gasteiger partial charge in [-0.3, -0.25) is 4.79 Å². The molecule has 0 aliphatic carbocycles. The first-order valence-corrected chi connectivity index (χ1v) is 7.39. The van der Waals surface area contributed by atoms with E-state index in [4.69, 9.17) is 0 Å². The maximum Gasteiger partial charge on any atom is 0.258 e. The van der Waals surface area contributed by atoms with Gasteiger partial charge in [0, 0.05) is 17.3 Å². The Morgan fingerprint density at radius 2 is 1.87 bits per heavy atom. The summed E-state index contributed by atoms with van der Waals surface area (Å²) in [4.78, 5) is 14.8. The van der Waals surface area contributed by atoms with Gasteiger partial charge in [-0.25, -0.2) is 4.68 Å². The Bertz CT molecular complexity index is 784. The smallest absolute Gasteiger partial charge is 0.258 e. The first kappa shape index (κ1) is 14.9. The van der Waals surface area contributed by atoms with Gasteiger partial charge in [-0.15, -0.1) is 5.10 Å². The lowest BCUT2D eigenvalue weighted by molar-refractivity contribution is 0.0980. The van der Waals surface area contributed by atoms with Crippen molar-refractivity contribution in [2.75, 3.05) is 4.90 Å². The second-order valence-electron chi connectivity index (χ2n) is 5.41. The highest BCUT2D eigenvalue weighted by Gasteiger charge is 2.20. The Morgan fingerprint density at radius 1 is 1.09 bits per heavy atom. The normalized spacial score (nSPS) is 10.7. The zero-order valence-corrected chi connectivity index (χ0v) is 13.0. The minimum Gasteiger partial charge on any atom is -0.306 e. The van der Waals surface area contributed by atoms with Gasteiger partial charge < -0.3 is 4.90 Å². The molecule has 0 N–H and O–H groups in total. The molecule has 116 valence electrons. The molecule has 0 aliphatic rings. The molecule has 6 heteroatoms. The number of para-hydroxylation sites is 1. The summed E-state index contributed by atoms with van der Waals surface area (Å²) in [5, 5.41) is 11.1. The third-order valence-corrected chi connectivity index (χ3v) is 3.48. The number of aromatic nitrogens is 4. The number of tetrazole rings is 1. The minimum absolute atomic E-state index is 0.0431. The molecule has 0 saturated carbocycles. The van der Waals surface area contributed by atoms with E-state index < -0.39 is 0 Å². The second-order valence-corrected chi connectivity index (χ2v) is 5.41. The number of amides is 1. The molecule has 1 heterocycles. The van der Waals surface area contributed by atoms with Crippen LogP contribution in [-0.4, -0.2) is 32.2 Å². The molecule has 0 atom stereocenters. The maximum absolute atomic E-state index is 13.0. The van der Waals surface area contributed by atoms with Crippen molar-refractivity contribution in [2.45, 2.75) is 19.9 Å². The molecule has 0 fully saturated rings. The molecular formula is C17H17N5O. The van der Waals surface area contributed by atoms with Crippen LogP contribution in [0, 0.1) is 0 Å². The SMILES string of the molecule is CC(C)N(C(=O)c1cccc(-n2cnnn2)c1)c1ccccc1. The number of hydrogen-bond acceptors (Lipinski definition) is 4. The van der Waals surface area contributed by atoms with Gasteiger partial charge in [0.2, 0.25) is 0 Å². The first-order valence-electron chi connectivity index (χ1n) is 7.39. The van der Waals surface area contributed by atoms with Crippen LogP contribution in [0.25, 0.3) is 5.69 Å². The molecule has 0 radical (unpaired) electrons. The quantitative estimate of drug-likeness (QED) is 0.743. The van der Waals surface area contributed by atoms with E-state index in [0.29, 0.717) is 5.56 Å². The molecule has 0 unspecified atom stereocenters. The van der Waals surface area contributed by atoms with E-state index in [2.05, 4.69) is 15.5 Å². The lowest BCUT2D eigenvalue weighted by Gasteiger charge is -2.27. The van der Waals surface area contributed by atoms with Gasteiger partial charge in [0.05, 0.1) is 5.69 Å². The van der Waals surface area contributed by atoms with Crippen LogP contribution in [0.2, 0.25) is 0 Å². The molecule has 0 bridgehead atoms. The number of carbonyl (C=O) groups is 1. The fourth-order valence-corrected chi connectivity index (χ4v) is 2.44. The Labute approximate surface area is 134 Å². The molecule has 0 saturated heterocycles. The molecule has 3 aromatic rings. The van der Waals surface area contributed by atoms with Crippen LogP contribution < -0.4 is 4.90 Å². The van der Waals surface area contributed by atoms with Crippen molar-refractivity contribution in [2.24, 2.45) is 0 Å². The van der Waals surface area contributed by atoms with Crippen molar-refractivity contribution in [3.8, 4) is 5.69 Å². The Kier molecular flexibility index (Phi) is 4.14. The lowest BCUT2D eigenvalue weighted by atomic mass is 10.1. The first-order chi connectivity index (χ1) is 11.2. The highest BCUT2D eigenvalue weighted by molar-refractivity contribution is 6.06. The minimum atomic E-state index is -0.0545. The topological polar surface area (TPSA) is 63.9 Å². The number of nitrogens with zero attached hydrogens (tertiary/aromatic N) is 5. The van der Waals surface area contributed by atoms with E-state index in [0.717, 1.165) is 11.4 Å². The third-order valence-electron chi connectivity index (χ3n) is 3.48. The summed E-state index contributed by atoms with van der Waals surface area (Å²) in [5.74, 6) is -0.0545. The van der Waals surface area contributed by atoms with Crippen molar-refractivity contribution in [1.82, 2.24) is 20.2 Å². The maximum atomic E-state index is 13.0. The van der Waals surface area contributed by atoms with E-state index in [1.54, 1.807) is 17.0 Å². The zero-order chi connectivity index (χ0) is 16.2. The predicted octanol–water partition coefficient (Wildman–Crippen LogP) is 2.72. The third kappa shape index (κ3) is 3.11. The molecule has 2 aromatic carbocycles. The highest BCUT2D eigenvalue weighted by atomic mass is 16.2. The van der Waals surface area contributed by atoms with Gasteiger partial charge in [-0.1, -0.05) is 24.3 Å². The molecule has 6 nitrogen and oxygen atoms in total. The van der Waals surface area contributed by atoms with Crippen LogP contribution >= 0.6 is 0 Å². The van der Waals surface area contributed by atoms with Gasteiger partial charge in [-0.05, 0) is 54.6 Å². The summed E-state index contributed by atoms with van der Waals surface area (Å²) < 4.78 is 1.53.